The van der Waals surface area contributed by atoms with Gasteiger partial charge in [-0.3, -0.25) is 10.1 Å². The Morgan fingerprint density at radius 2 is 2.00 bits per heavy atom. The molecule has 0 aliphatic carbocycles. The molecule has 1 heterocycles. The number of nitro benzene ring substituents is 1. The van der Waals surface area contributed by atoms with Gasteiger partial charge in [0.15, 0.2) is 0 Å². The van der Waals surface area contributed by atoms with E-state index in [1.807, 2.05) is 0 Å². The van der Waals surface area contributed by atoms with Crippen molar-refractivity contribution in [2.24, 2.45) is 0 Å². The molecule has 1 aromatic carbocycles. The molecule has 1 aromatic rings. The minimum atomic E-state index is -3.63. The van der Waals surface area contributed by atoms with Crippen molar-refractivity contribution >= 4 is 31.6 Å². The molecule has 134 valence electrons. The van der Waals surface area contributed by atoms with E-state index < -0.39 is 14.9 Å². The van der Waals surface area contributed by atoms with E-state index in [2.05, 4.69) is 22.9 Å². The predicted octanol–water partition coefficient (Wildman–Crippen LogP) is 4.09. The fourth-order valence-electron chi connectivity index (χ4n) is 3.08. The van der Waals surface area contributed by atoms with Crippen LogP contribution in [0, 0.1) is 10.1 Å². The van der Waals surface area contributed by atoms with Gasteiger partial charge in [0, 0.05) is 29.5 Å². The van der Waals surface area contributed by atoms with Gasteiger partial charge in [0.2, 0.25) is 10.0 Å². The van der Waals surface area contributed by atoms with Crippen molar-refractivity contribution in [3.05, 3.63) is 34.4 Å². The Hall–Kier alpha value is -0.990. The van der Waals surface area contributed by atoms with Gasteiger partial charge in [-0.05, 0) is 31.4 Å². The molecular weight excluding hydrogens is 396 g/mol. The quantitative estimate of drug-likeness (QED) is 0.275. The van der Waals surface area contributed by atoms with E-state index in [-0.39, 0.29) is 21.5 Å². The number of hydrogen-bond acceptors (Lipinski definition) is 4. The largest absolute Gasteiger partial charge is 0.269 e. The Kier molecular flexibility index (Phi) is 6.77. The Morgan fingerprint density at radius 1 is 1.33 bits per heavy atom. The molecule has 24 heavy (non-hydrogen) atoms. The third-order valence-electron chi connectivity index (χ3n) is 4.40. The van der Waals surface area contributed by atoms with E-state index in [4.69, 9.17) is 0 Å². The summed E-state index contributed by atoms with van der Waals surface area (Å²) in [6.45, 7) is 2.64. The summed E-state index contributed by atoms with van der Waals surface area (Å²) in [5.41, 5.74) is -0.107. The van der Waals surface area contributed by atoms with Crippen LogP contribution in [-0.4, -0.2) is 35.1 Å². The minimum Gasteiger partial charge on any atom is -0.258 e. The lowest BCUT2D eigenvalue weighted by Gasteiger charge is -2.28. The van der Waals surface area contributed by atoms with Crippen molar-refractivity contribution in [3.8, 4) is 0 Å². The number of sulfonamides is 1. The van der Waals surface area contributed by atoms with Crippen LogP contribution in [0.3, 0.4) is 0 Å². The number of nitrogens with zero attached hydrogens (tertiary/aromatic N) is 2. The molecule has 0 radical (unpaired) electrons. The summed E-state index contributed by atoms with van der Waals surface area (Å²) in [4.78, 5) is 10.5. The number of unbranched alkanes of at least 4 members (excludes halogenated alkanes) is 2. The molecular formula is C16H23BrN2O4S. The maximum absolute atomic E-state index is 12.9. The maximum atomic E-state index is 12.9. The summed E-state index contributed by atoms with van der Waals surface area (Å²) in [6, 6.07) is 5.07. The molecule has 2 atom stereocenters. The van der Waals surface area contributed by atoms with E-state index in [0.717, 1.165) is 38.5 Å². The van der Waals surface area contributed by atoms with Crippen molar-refractivity contribution in [3.63, 3.8) is 0 Å². The highest BCUT2D eigenvalue weighted by atomic mass is 79.9. The standard InChI is InChI=1S/C16H23BrN2O4S/c1-2-3-4-6-15(17)16-7-5-12-18(16)24(22,23)14-10-8-13(9-11-14)19(20)21/h8-11,15-16H,2-7,12H2,1H3/t15-,16-/m1/s1. The molecule has 0 unspecified atom stereocenters. The monoisotopic (exact) mass is 418 g/mol. The molecule has 0 N–H and O–H groups in total. The van der Waals surface area contributed by atoms with Gasteiger partial charge in [-0.15, -0.1) is 0 Å². The van der Waals surface area contributed by atoms with Crippen molar-refractivity contribution < 1.29 is 13.3 Å². The summed E-state index contributed by atoms with van der Waals surface area (Å²) in [5, 5.41) is 10.7. The van der Waals surface area contributed by atoms with Crippen LogP contribution in [0.5, 0.6) is 0 Å². The van der Waals surface area contributed by atoms with Crippen LogP contribution in [-0.2, 0) is 10.0 Å². The van der Waals surface area contributed by atoms with Gasteiger partial charge >= 0.3 is 0 Å². The van der Waals surface area contributed by atoms with Crippen molar-refractivity contribution in [2.45, 2.75) is 61.2 Å². The highest BCUT2D eigenvalue weighted by molar-refractivity contribution is 9.09. The molecule has 1 saturated heterocycles. The number of rotatable bonds is 8. The lowest BCUT2D eigenvalue weighted by atomic mass is 10.1. The van der Waals surface area contributed by atoms with E-state index in [1.54, 1.807) is 4.31 Å². The van der Waals surface area contributed by atoms with Crippen LogP contribution in [0.4, 0.5) is 5.69 Å². The molecule has 2 rings (SSSR count). The second-order valence-corrected chi connectivity index (χ2v) is 9.15. The molecule has 0 aromatic heterocycles. The zero-order valence-electron chi connectivity index (χ0n) is 13.7. The third-order valence-corrected chi connectivity index (χ3v) is 7.41. The Bertz CT molecular complexity index is 663. The molecule has 0 spiro atoms. The van der Waals surface area contributed by atoms with E-state index in [9.17, 15) is 18.5 Å². The van der Waals surface area contributed by atoms with E-state index in [1.165, 1.54) is 24.3 Å². The lowest BCUT2D eigenvalue weighted by molar-refractivity contribution is -0.384. The Morgan fingerprint density at radius 3 is 2.58 bits per heavy atom. The van der Waals surface area contributed by atoms with Crippen LogP contribution in [0.2, 0.25) is 0 Å². The first-order valence-corrected chi connectivity index (χ1v) is 10.6. The van der Waals surface area contributed by atoms with Gasteiger partial charge in [0.25, 0.3) is 5.69 Å². The summed E-state index contributed by atoms with van der Waals surface area (Å²) in [5.74, 6) is 0. The fraction of sp³-hybridized carbons (Fsp3) is 0.625. The number of alkyl halides is 1. The molecule has 1 aliphatic rings. The topological polar surface area (TPSA) is 80.5 Å². The van der Waals surface area contributed by atoms with Crippen LogP contribution in [0.1, 0.15) is 45.4 Å². The summed E-state index contributed by atoms with van der Waals surface area (Å²) in [6.07, 6.45) is 5.99. The molecule has 6 nitrogen and oxygen atoms in total. The average molecular weight is 419 g/mol. The first kappa shape index (κ1) is 19.3. The van der Waals surface area contributed by atoms with Crippen LogP contribution >= 0.6 is 15.9 Å². The van der Waals surface area contributed by atoms with E-state index >= 15 is 0 Å². The van der Waals surface area contributed by atoms with Crippen molar-refractivity contribution in [2.75, 3.05) is 6.54 Å². The minimum absolute atomic E-state index is 0.0537. The predicted molar refractivity (Wildman–Crippen MR) is 96.9 cm³/mol. The highest BCUT2D eigenvalue weighted by Gasteiger charge is 2.38. The zero-order valence-corrected chi connectivity index (χ0v) is 16.1. The first-order chi connectivity index (χ1) is 11.4. The third kappa shape index (κ3) is 4.34. The lowest BCUT2D eigenvalue weighted by Crippen LogP contribution is -2.40. The van der Waals surface area contributed by atoms with Gasteiger partial charge in [0.1, 0.15) is 0 Å². The first-order valence-electron chi connectivity index (χ1n) is 8.28. The molecule has 0 amide bonds. The average Bonchev–Trinajstić information content (AvgIpc) is 3.05. The van der Waals surface area contributed by atoms with Crippen LogP contribution in [0.25, 0.3) is 0 Å². The number of halogens is 1. The van der Waals surface area contributed by atoms with Gasteiger partial charge in [-0.25, -0.2) is 8.42 Å². The number of hydrogen-bond donors (Lipinski definition) is 0. The van der Waals surface area contributed by atoms with Crippen molar-refractivity contribution in [1.82, 2.24) is 4.31 Å². The molecule has 1 fully saturated rings. The number of nitro groups is 1. The van der Waals surface area contributed by atoms with Gasteiger partial charge < -0.3 is 0 Å². The normalized spacial score (nSPS) is 20.2. The second kappa shape index (κ2) is 8.40. The second-order valence-electron chi connectivity index (χ2n) is 6.09. The summed E-state index contributed by atoms with van der Waals surface area (Å²) < 4.78 is 27.3. The number of non-ortho nitro benzene ring substituents is 1. The zero-order chi connectivity index (χ0) is 17.7. The van der Waals surface area contributed by atoms with Crippen LogP contribution in [0.15, 0.2) is 29.2 Å². The maximum Gasteiger partial charge on any atom is 0.269 e. The van der Waals surface area contributed by atoms with Gasteiger partial charge in [0.05, 0.1) is 9.82 Å². The molecule has 0 saturated carbocycles. The number of benzene rings is 1. The molecule has 0 bridgehead atoms. The molecule has 8 heteroatoms. The SMILES string of the molecule is CCCCC[C@@H](Br)[C@H]1CCCN1S(=O)(=O)c1ccc([N+](=O)[O-])cc1. The van der Waals surface area contributed by atoms with E-state index in [0.29, 0.717) is 6.54 Å². The molecule has 1 aliphatic heterocycles. The Balaban J connectivity index is 2.16. The fourth-order valence-corrected chi connectivity index (χ4v) is 5.84. The Labute approximate surface area is 151 Å². The summed E-state index contributed by atoms with van der Waals surface area (Å²) in [7, 11) is -3.63. The van der Waals surface area contributed by atoms with Crippen LogP contribution < -0.4 is 0 Å². The van der Waals surface area contributed by atoms with Gasteiger partial charge in [-0.2, -0.15) is 4.31 Å². The van der Waals surface area contributed by atoms with Crippen molar-refractivity contribution in [1.29, 1.82) is 0 Å². The summed E-state index contributed by atoms with van der Waals surface area (Å²) >= 11 is 3.68. The highest BCUT2D eigenvalue weighted by Crippen LogP contribution is 2.33. The van der Waals surface area contributed by atoms with Gasteiger partial charge in [-0.1, -0.05) is 42.1 Å². The smallest absolute Gasteiger partial charge is 0.258 e.